The summed E-state index contributed by atoms with van der Waals surface area (Å²) in [4.78, 5) is -0.453. The molecule has 0 aromatic rings. The van der Waals surface area contributed by atoms with Gasteiger partial charge in [-0.3, -0.25) is 0 Å². The molecule has 3 unspecified atom stereocenters. The lowest BCUT2D eigenvalue weighted by Gasteiger charge is -2.45. The highest BCUT2D eigenvalue weighted by Crippen LogP contribution is 2.47. The maximum Gasteiger partial charge on any atom is 0.0497 e. The maximum absolute atomic E-state index is 6.44. The molecule has 3 atom stereocenters. The van der Waals surface area contributed by atoms with Crippen molar-refractivity contribution in [1.29, 1.82) is 0 Å². The Labute approximate surface area is 103 Å². The molecule has 85 valence electrons. The zero-order valence-corrected chi connectivity index (χ0v) is 11.7. The highest BCUT2D eigenvalue weighted by Gasteiger charge is 2.47. The third-order valence-electron chi connectivity index (χ3n) is 3.05. The lowest BCUT2D eigenvalue weighted by atomic mass is 9.72. The summed E-state index contributed by atoms with van der Waals surface area (Å²) in [6.45, 7) is 12.3. The number of halogens is 3. The third-order valence-corrected chi connectivity index (χ3v) is 5.10. The van der Waals surface area contributed by atoms with Crippen LogP contribution < -0.4 is 0 Å². The second-order valence-electron chi connectivity index (χ2n) is 4.49. The standard InChI is InChI=1S/C11H20Cl3/c1-6-11(5,14)10(4,7-12)9(13)8(2)3/h8-9H,4,6-7H2,1-3,5H3. The number of hydrogen-bond acceptors (Lipinski definition) is 0. The van der Waals surface area contributed by atoms with E-state index < -0.39 is 10.3 Å². The van der Waals surface area contributed by atoms with Crippen LogP contribution in [0.4, 0.5) is 0 Å². The zero-order valence-electron chi connectivity index (χ0n) is 9.41. The Kier molecular flexibility index (Phi) is 5.60. The van der Waals surface area contributed by atoms with Crippen LogP contribution in [0.25, 0.3) is 0 Å². The van der Waals surface area contributed by atoms with Crippen LogP contribution in [-0.2, 0) is 0 Å². The van der Waals surface area contributed by atoms with Gasteiger partial charge in [0, 0.05) is 21.5 Å². The van der Waals surface area contributed by atoms with Crippen LogP contribution >= 0.6 is 34.8 Å². The topological polar surface area (TPSA) is 0 Å². The number of alkyl halides is 3. The summed E-state index contributed by atoms with van der Waals surface area (Å²) in [7, 11) is 0. The molecule has 0 amide bonds. The highest BCUT2D eigenvalue weighted by molar-refractivity contribution is 6.28. The summed E-state index contributed by atoms with van der Waals surface area (Å²) >= 11 is 18.8. The average molecular weight is 259 g/mol. The molecule has 0 aliphatic heterocycles. The van der Waals surface area contributed by atoms with Gasteiger partial charge >= 0.3 is 0 Å². The van der Waals surface area contributed by atoms with E-state index in [1.807, 2.05) is 13.8 Å². The minimum atomic E-state index is -0.486. The Morgan fingerprint density at radius 3 is 2.00 bits per heavy atom. The Balaban J connectivity index is 4.97. The van der Waals surface area contributed by atoms with Crippen LogP contribution in [0.3, 0.4) is 0 Å². The van der Waals surface area contributed by atoms with Gasteiger partial charge < -0.3 is 0 Å². The molecule has 1 radical (unpaired) electrons. The van der Waals surface area contributed by atoms with E-state index in [-0.39, 0.29) is 5.38 Å². The monoisotopic (exact) mass is 257 g/mol. The summed E-state index contributed by atoms with van der Waals surface area (Å²) in [6.07, 6.45) is 0.806. The Morgan fingerprint density at radius 1 is 1.36 bits per heavy atom. The van der Waals surface area contributed by atoms with Crippen molar-refractivity contribution in [2.45, 2.75) is 44.4 Å². The van der Waals surface area contributed by atoms with Crippen molar-refractivity contribution in [3.05, 3.63) is 6.92 Å². The fourth-order valence-electron chi connectivity index (χ4n) is 1.49. The normalized spacial score (nSPS) is 22.9. The summed E-state index contributed by atoms with van der Waals surface area (Å²) in [6, 6.07) is 0. The van der Waals surface area contributed by atoms with E-state index in [1.54, 1.807) is 0 Å². The van der Waals surface area contributed by atoms with Crippen LogP contribution in [0.5, 0.6) is 0 Å². The van der Waals surface area contributed by atoms with Crippen LogP contribution in [0.2, 0.25) is 0 Å². The fraction of sp³-hybridized carbons (Fsp3) is 0.909. The molecular formula is C11H20Cl3. The van der Waals surface area contributed by atoms with Gasteiger partial charge in [0.05, 0.1) is 0 Å². The van der Waals surface area contributed by atoms with Gasteiger partial charge in [-0.15, -0.1) is 34.8 Å². The van der Waals surface area contributed by atoms with Crippen molar-refractivity contribution in [3.63, 3.8) is 0 Å². The average Bonchev–Trinajstić information content (AvgIpc) is 2.14. The van der Waals surface area contributed by atoms with Crippen LogP contribution in [0, 0.1) is 18.3 Å². The largest absolute Gasteiger partial charge is 0.126 e. The predicted molar refractivity (Wildman–Crippen MR) is 67.5 cm³/mol. The van der Waals surface area contributed by atoms with Crippen molar-refractivity contribution < 1.29 is 0 Å². The Bertz CT molecular complexity index is 177. The third kappa shape index (κ3) is 2.71. The van der Waals surface area contributed by atoms with E-state index in [2.05, 4.69) is 20.8 Å². The first kappa shape index (κ1) is 14.9. The predicted octanol–water partition coefficient (Wildman–Crippen LogP) is 4.72. The van der Waals surface area contributed by atoms with E-state index in [9.17, 15) is 0 Å². The number of rotatable bonds is 5. The minimum Gasteiger partial charge on any atom is -0.126 e. The molecule has 0 spiro atoms. The molecule has 0 aliphatic carbocycles. The van der Waals surface area contributed by atoms with Crippen LogP contribution in [-0.4, -0.2) is 16.1 Å². The van der Waals surface area contributed by atoms with E-state index in [4.69, 9.17) is 34.8 Å². The van der Waals surface area contributed by atoms with Gasteiger partial charge in [-0.25, -0.2) is 0 Å². The van der Waals surface area contributed by atoms with E-state index >= 15 is 0 Å². The first-order valence-corrected chi connectivity index (χ1v) is 6.32. The molecule has 0 saturated heterocycles. The molecule has 0 bridgehead atoms. The Hall–Kier alpha value is 0.870. The summed E-state index contributed by atoms with van der Waals surface area (Å²) in [5.74, 6) is 0.699. The van der Waals surface area contributed by atoms with Gasteiger partial charge in [-0.1, -0.05) is 20.8 Å². The summed E-state index contributed by atoms with van der Waals surface area (Å²) < 4.78 is 0. The van der Waals surface area contributed by atoms with Gasteiger partial charge in [0.15, 0.2) is 0 Å². The van der Waals surface area contributed by atoms with Crippen molar-refractivity contribution >= 4 is 34.8 Å². The lowest BCUT2D eigenvalue weighted by Crippen LogP contribution is -2.49. The van der Waals surface area contributed by atoms with E-state index in [0.29, 0.717) is 11.8 Å². The molecule has 0 aliphatic rings. The lowest BCUT2D eigenvalue weighted by molar-refractivity contribution is 0.251. The van der Waals surface area contributed by atoms with Crippen LogP contribution in [0.1, 0.15) is 34.1 Å². The second-order valence-corrected chi connectivity index (χ2v) is 6.06. The quantitative estimate of drug-likeness (QED) is 0.626. The zero-order chi connectivity index (χ0) is 11.6. The number of hydrogen-bond donors (Lipinski definition) is 0. The molecule has 0 rings (SSSR count). The van der Waals surface area contributed by atoms with Crippen molar-refractivity contribution in [2.75, 3.05) is 5.88 Å². The molecule has 14 heavy (non-hydrogen) atoms. The van der Waals surface area contributed by atoms with E-state index in [0.717, 1.165) is 6.42 Å². The van der Waals surface area contributed by atoms with Gasteiger partial charge in [-0.2, -0.15) is 0 Å². The summed E-state index contributed by atoms with van der Waals surface area (Å²) in [5.41, 5.74) is -0.486. The summed E-state index contributed by atoms with van der Waals surface area (Å²) in [5, 5.41) is -0.109. The Morgan fingerprint density at radius 2 is 1.79 bits per heavy atom. The molecule has 0 aromatic carbocycles. The SMILES string of the molecule is [CH2]C(CCl)(C(Cl)C(C)C)C(C)(Cl)CC. The molecular weight excluding hydrogens is 238 g/mol. The molecule has 0 saturated carbocycles. The van der Waals surface area contributed by atoms with Crippen LogP contribution in [0.15, 0.2) is 0 Å². The van der Waals surface area contributed by atoms with Crippen molar-refractivity contribution in [3.8, 4) is 0 Å². The first-order valence-electron chi connectivity index (χ1n) is 4.97. The maximum atomic E-state index is 6.44. The smallest absolute Gasteiger partial charge is 0.0497 e. The van der Waals surface area contributed by atoms with Gasteiger partial charge in [0.25, 0.3) is 0 Å². The molecule has 0 N–H and O–H groups in total. The van der Waals surface area contributed by atoms with Crippen molar-refractivity contribution in [2.24, 2.45) is 11.3 Å². The van der Waals surface area contributed by atoms with Gasteiger partial charge in [0.2, 0.25) is 0 Å². The molecule has 3 heteroatoms. The molecule has 0 fully saturated rings. The highest BCUT2D eigenvalue weighted by atomic mass is 35.5. The minimum absolute atomic E-state index is 0.109. The van der Waals surface area contributed by atoms with Crippen molar-refractivity contribution in [1.82, 2.24) is 0 Å². The second kappa shape index (κ2) is 5.27. The molecule has 0 aromatic heterocycles. The first-order chi connectivity index (χ1) is 6.23. The van der Waals surface area contributed by atoms with Gasteiger partial charge in [-0.05, 0) is 26.2 Å². The molecule has 0 heterocycles. The fourth-order valence-corrected chi connectivity index (χ4v) is 2.66. The molecule has 0 nitrogen and oxygen atoms in total. The van der Waals surface area contributed by atoms with E-state index in [1.165, 1.54) is 0 Å². The van der Waals surface area contributed by atoms with Gasteiger partial charge in [0.1, 0.15) is 0 Å².